The van der Waals surface area contributed by atoms with Gasteiger partial charge in [0.1, 0.15) is 11.9 Å². The molecule has 0 spiro atoms. The summed E-state index contributed by atoms with van der Waals surface area (Å²) in [5, 5.41) is 5.64. The second kappa shape index (κ2) is 8.12. The Morgan fingerprint density at radius 2 is 1.80 bits per heavy atom. The summed E-state index contributed by atoms with van der Waals surface area (Å²) >= 11 is 0. The molecule has 1 saturated heterocycles. The average Bonchev–Trinajstić information content (AvgIpc) is 3.48. The molecule has 0 aromatic heterocycles. The van der Waals surface area contributed by atoms with Crippen LogP contribution in [0, 0.1) is 5.82 Å². The number of ether oxygens (including phenoxy) is 2. The fraction of sp³-hybridized carbons (Fsp3) is 0.192. The first kappa shape index (κ1) is 21.2. The van der Waals surface area contributed by atoms with E-state index >= 15 is 0 Å². The summed E-state index contributed by atoms with van der Waals surface area (Å²) in [6.07, 6.45) is 0.405. The second-order valence-electron chi connectivity index (χ2n) is 8.64. The third-order valence-electron chi connectivity index (χ3n) is 6.54. The van der Waals surface area contributed by atoms with Crippen LogP contribution in [0.2, 0.25) is 0 Å². The number of anilines is 1. The molecule has 9 heteroatoms. The van der Waals surface area contributed by atoms with Crippen LogP contribution < -0.4 is 20.1 Å². The lowest BCUT2D eigenvalue weighted by atomic mass is 10.0. The van der Waals surface area contributed by atoms with Crippen molar-refractivity contribution in [2.75, 3.05) is 18.7 Å². The van der Waals surface area contributed by atoms with E-state index in [1.54, 1.807) is 12.1 Å². The molecule has 6 rings (SSSR count). The second-order valence-corrected chi connectivity index (χ2v) is 8.64. The number of carbonyl (C=O) groups excluding carboxylic acids is 3. The maximum absolute atomic E-state index is 13.5. The maximum Gasteiger partial charge on any atom is 0.256 e. The third kappa shape index (κ3) is 3.65. The van der Waals surface area contributed by atoms with Gasteiger partial charge in [0.15, 0.2) is 11.5 Å². The van der Waals surface area contributed by atoms with Gasteiger partial charge in [-0.2, -0.15) is 0 Å². The molecule has 3 amide bonds. The monoisotopic (exact) mass is 473 g/mol. The quantitative estimate of drug-likeness (QED) is 0.609. The van der Waals surface area contributed by atoms with Gasteiger partial charge in [0.05, 0.1) is 17.3 Å². The Balaban J connectivity index is 1.28. The molecule has 8 nitrogen and oxygen atoms in total. The standard InChI is InChI=1S/C26H20FN3O5/c27-17-3-1-2-16(10-17)24(31)29-20-8-9-30-23(20)25(32)28-19-6-4-14(11-18(19)26(30)33)15-5-7-21-22(12-15)35-13-34-21/h1-7,10-12,20,23H,8-9,13H2,(H,28,32)(H,29,31). The van der Waals surface area contributed by atoms with Crippen molar-refractivity contribution >= 4 is 23.4 Å². The molecule has 35 heavy (non-hydrogen) atoms. The van der Waals surface area contributed by atoms with E-state index in [0.717, 1.165) is 17.2 Å². The van der Waals surface area contributed by atoms with Gasteiger partial charge in [-0.05, 0) is 60.0 Å². The zero-order valence-electron chi connectivity index (χ0n) is 18.4. The maximum atomic E-state index is 13.5. The van der Waals surface area contributed by atoms with Crippen molar-refractivity contribution in [1.82, 2.24) is 10.2 Å². The van der Waals surface area contributed by atoms with Gasteiger partial charge in [-0.15, -0.1) is 0 Å². The van der Waals surface area contributed by atoms with E-state index in [4.69, 9.17) is 9.47 Å². The van der Waals surface area contributed by atoms with Crippen molar-refractivity contribution in [3.8, 4) is 22.6 Å². The van der Waals surface area contributed by atoms with Gasteiger partial charge in [0.25, 0.3) is 11.8 Å². The van der Waals surface area contributed by atoms with Crippen molar-refractivity contribution < 1.29 is 28.2 Å². The van der Waals surface area contributed by atoms with Crippen LogP contribution in [0.5, 0.6) is 11.5 Å². The van der Waals surface area contributed by atoms with Crippen LogP contribution in [0.3, 0.4) is 0 Å². The molecule has 3 heterocycles. The number of benzene rings is 3. The Morgan fingerprint density at radius 1 is 1.00 bits per heavy atom. The van der Waals surface area contributed by atoms with Crippen LogP contribution >= 0.6 is 0 Å². The van der Waals surface area contributed by atoms with E-state index in [0.29, 0.717) is 35.7 Å². The van der Waals surface area contributed by atoms with Crippen LogP contribution in [0.25, 0.3) is 11.1 Å². The van der Waals surface area contributed by atoms with Crippen LogP contribution in [0.1, 0.15) is 27.1 Å². The minimum Gasteiger partial charge on any atom is -0.454 e. The van der Waals surface area contributed by atoms with E-state index in [1.165, 1.54) is 23.1 Å². The number of halogens is 1. The van der Waals surface area contributed by atoms with E-state index in [9.17, 15) is 18.8 Å². The zero-order chi connectivity index (χ0) is 24.1. The summed E-state index contributed by atoms with van der Waals surface area (Å²) in [7, 11) is 0. The van der Waals surface area contributed by atoms with Crippen LogP contribution in [-0.4, -0.2) is 48.0 Å². The van der Waals surface area contributed by atoms with Crippen molar-refractivity contribution in [3.63, 3.8) is 0 Å². The van der Waals surface area contributed by atoms with E-state index < -0.39 is 23.8 Å². The summed E-state index contributed by atoms with van der Waals surface area (Å²) in [4.78, 5) is 40.8. The van der Waals surface area contributed by atoms with Crippen LogP contribution in [0.15, 0.2) is 60.7 Å². The number of rotatable bonds is 3. The Labute approximate surface area is 199 Å². The summed E-state index contributed by atoms with van der Waals surface area (Å²) in [5.74, 6) is -0.402. The van der Waals surface area contributed by atoms with Gasteiger partial charge in [-0.3, -0.25) is 14.4 Å². The molecule has 3 aromatic rings. The van der Waals surface area contributed by atoms with Gasteiger partial charge in [-0.25, -0.2) is 4.39 Å². The molecule has 3 aliphatic rings. The summed E-state index contributed by atoms with van der Waals surface area (Å²) in [6, 6.07) is 14.7. The minimum absolute atomic E-state index is 0.153. The van der Waals surface area contributed by atoms with E-state index in [2.05, 4.69) is 10.6 Å². The smallest absolute Gasteiger partial charge is 0.256 e. The Kier molecular flexibility index (Phi) is 4.91. The lowest BCUT2D eigenvalue weighted by Gasteiger charge is -2.25. The van der Waals surface area contributed by atoms with E-state index in [1.807, 2.05) is 24.3 Å². The zero-order valence-corrected chi connectivity index (χ0v) is 18.4. The molecule has 3 aliphatic heterocycles. The number of fused-ring (bicyclic) bond motifs is 3. The fourth-order valence-electron chi connectivity index (χ4n) is 4.82. The third-order valence-corrected chi connectivity index (χ3v) is 6.54. The van der Waals surface area contributed by atoms with Crippen molar-refractivity contribution in [3.05, 3.63) is 77.6 Å². The molecule has 176 valence electrons. The first-order valence-electron chi connectivity index (χ1n) is 11.2. The molecular weight excluding hydrogens is 453 g/mol. The number of amides is 3. The molecule has 1 fully saturated rings. The molecule has 0 bridgehead atoms. The molecule has 2 N–H and O–H groups in total. The predicted octanol–water partition coefficient (Wildman–Crippen LogP) is 3.19. The summed E-state index contributed by atoms with van der Waals surface area (Å²) < 4.78 is 24.4. The molecule has 2 atom stereocenters. The number of hydrogen-bond acceptors (Lipinski definition) is 5. The highest BCUT2D eigenvalue weighted by atomic mass is 19.1. The Morgan fingerprint density at radius 3 is 2.66 bits per heavy atom. The number of hydrogen-bond donors (Lipinski definition) is 2. The van der Waals surface area contributed by atoms with Gasteiger partial charge in [-0.1, -0.05) is 18.2 Å². The Bertz CT molecular complexity index is 1390. The van der Waals surface area contributed by atoms with Gasteiger partial charge in [0.2, 0.25) is 12.7 Å². The van der Waals surface area contributed by atoms with Crippen molar-refractivity contribution in [2.24, 2.45) is 0 Å². The number of carbonyl (C=O) groups is 3. The minimum atomic E-state index is -0.874. The molecule has 0 aliphatic carbocycles. The number of nitrogens with zero attached hydrogens (tertiary/aromatic N) is 1. The number of nitrogens with one attached hydrogen (secondary N) is 2. The molecule has 0 radical (unpaired) electrons. The first-order valence-corrected chi connectivity index (χ1v) is 11.2. The largest absolute Gasteiger partial charge is 0.454 e. The summed E-state index contributed by atoms with van der Waals surface area (Å²) in [6.45, 7) is 0.472. The molecular formula is C26H20FN3O5. The van der Waals surface area contributed by atoms with Crippen LogP contribution in [0.4, 0.5) is 10.1 Å². The molecule has 0 saturated carbocycles. The fourth-order valence-corrected chi connectivity index (χ4v) is 4.82. The van der Waals surface area contributed by atoms with Gasteiger partial charge < -0.3 is 25.0 Å². The van der Waals surface area contributed by atoms with E-state index in [-0.39, 0.29) is 24.2 Å². The van der Waals surface area contributed by atoms with Gasteiger partial charge >= 0.3 is 0 Å². The van der Waals surface area contributed by atoms with Crippen LogP contribution in [-0.2, 0) is 4.79 Å². The average molecular weight is 473 g/mol. The predicted molar refractivity (Wildman–Crippen MR) is 124 cm³/mol. The van der Waals surface area contributed by atoms with Crippen molar-refractivity contribution in [2.45, 2.75) is 18.5 Å². The SMILES string of the molecule is O=C(NC1CCN2C(=O)c3cc(-c4ccc5c(c4)OCO5)ccc3NC(=O)C12)c1cccc(F)c1. The highest BCUT2D eigenvalue weighted by Crippen LogP contribution is 2.38. The molecule has 3 aromatic carbocycles. The van der Waals surface area contributed by atoms with Gasteiger partial charge in [0, 0.05) is 12.1 Å². The lowest BCUT2D eigenvalue weighted by molar-refractivity contribution is -0.120. The molecule has 2 unspecified atom stereocenters. The first-order chi connectivity index (χ1) is 17.0. The highest BCUT2D eigenvalue weighted by Gasteiger charge is 2.45. The lowest BCUT2D eigenvalue weighted by Crippen LogP contribution is -2.51. The topological polar surface area (TPSA) is 97.0 Å². The highest BCUT2D eigenvalue weighted by molar-refractivity contribution is 6.11. The summed E-state index contributed by atoms with van der Waals surface area (Å²) in [5.41, 5.74) is 2.57. The normalized spacial score (nSPS) is 20.1. The van der Waals surface area contributed by atoms with Crippen molar-refractivity contribution in [1.29, 1.82) is 0 Å². The Hall–Kier alpha value is -4.40.